The summed E-state index contributed by atoms with van der Waals surface area (Å²) in [5, 5.41) is 0. The third-order valence-corrected chi connectivity index (χ3v) is 3.13. The minimum atomic E-state index is -3.02. The highest BCUT2D eigenvalue weighted by atomic mass is 32.2. The van der Waals surface area contributed by atoms with E-state index in [2.05, 4.69) is 30.5 Å². The molecule has 0 aromatic carbocycles. The van der Waals surface area contributed by atoms with Gasteiger partial charge in [-0.15, -0.1) is 0 Å². The molecule has 0 atom stereocenters. The van der Waals surface area contributed by atoms with Gasteiger partial charge >= 0.3 is 0 Å². The van der Waals surface area contributed by atoms with Crippen LogP contribution in [0.5, 0.6) is 0 Å². The van der Waals surface area contributed by atoms with Gasteiger partial charge in [-0.1, -0.05) is 13.8 Å². The Hall–Kier alpha value is -0.130. The number of nitrogens with one attached hydrogen (secondary N) is 1. The highest BCUT2D eigenvalue weighted by Gasteiger charge is 2.02. The third kappa shape index (κ3) is 11.9. The zero-order valence-electron chi connectivity index (χ0n) is 11.0. The Morgan fingerprint density at radius 1 is 1.19 bits per heavy atom. The lowest BCUT2D eigenvalue weighted by Gasteiger charge is -2.16. The minimum absolute atomic E-state index is 0.535. The van der Waals surface area contributed by atoms with Crippen molar-refractivity contribution in [3.63, 3.8) is 0 Å². The minimum Gasteiger partial charge on any atom is -0.306 e. The second kappa shape index (κ2) is 8.03. The van der Waals surface area contributed by atoms with Crippen LogP contribution in [-0.2, 0) is 10.0 Å². The molecule has 0 heterocycles. The van der Waals surface area contributed by atoms with Crippen LogP contribution < -0.4 is 4.72 Å². The van der Waals surface area contributed by atoms with E-state index in [0.29, 0.717) is 6.54 Å². The van der Waals surface area contributed by atoms with Crippen LogP contribution in [0, 0.1) is 5.92 Å². The second-order valence-electron chi connectivity index (χ2n) is 4.86. The molecule has 0 fully saturated rings. The van der Waals surface area contributed by atoms with Crippen molar-refractivity contribution < 1.29 is 8.42 Å². The van der Waals surface area contributed by atoms with Gasteiger partial charge in [0.05, 0.1) is 6.26 Å². The quantitative estimate of drug-likeness (QED) is 0.627. The molecule has 0 saturated carbocycles. The molecule has 0 aromatic rings. The first-order valence-corrected chi connectivity index (χ1v) is 7.83. The molecule has 4 nitrogen and oxygen atoms in total. The average molecular weight is 250 g/mol. The van der Waals surface area contributed by atoms with E-state index in [1.165, 1.54) is 19.1 Å². The molecule has 0 spiro atoms. The highest BCUT2D eigenvalue weighted by Crippen LogP contribution is 2.04. The van der Waals surface area contributed by atoms with Gasteiger partial charge in [-0.3, -0.25) is 0 Å². The normalized spacial score (nSPS) is 12.6. The molecule has 0 bridgehead atoms. The van der Waals surface area contributed by atoms with Crippen LogP contribution in [-0.4, -0.2) is 46.3 Å². The van der Waals surface area contributed by atoms with E-state index in [-0.39, 0.29) is 0 Å². The zero-order valence-corrected chi connectivity index (χ0v) is 11.8. The summed E-state index contributed by atoms with van der Waals surface area (Å²) in [6, 6.07) is 0. The molecule has 0 aliphatic rings. The summed E-state index contributed by atoms with van der Waals surface area (Å²) in [7, 11) is -0.935. The van der Waals surface area contributed by atoms with Gasteiger partial charge in [-0.05, 0) is 45.3 Å². The van der Waals surface area contributed by atoms with E-state index < -0.39 is 10.0 Å². The second-order valence-corrected chi connectivity index (χ2v) is 6.69. The van der Waals surface area contributed by atoms with Crippen LogP contribution in [0.4, 0.5) is 0 Å². The molecule has 16 heavy (non-hydrogen) atoms. The number of sulfonamides is 1. The van der Waals surface area contributed by atoms with Crippen LogP contribution in [0.3, 0.4) is 0 Å². The average Bonchev–Trinajstić information content (AvgIpc) is 2.10. The summed E-state index contributed by atoms with van der Waals surface area (Å²) in [6.07, 6.45) is 4.53. The Kier molecular flexibility index (Phi) is 7.97. The number of hydrogen-bond acceptors (Lipinski definition) is 3. The first kappa shape index (κ1) is 15.9. The summed E-state index contributed by atoms with van der Waals surface area (Å²) < 4.78 is 24.1. The van der Waals surface area contributed by atoms with Gasteiger partial charge in [0, 0.05) is 6.54 Å². The molecular weight excluding hydrogens is 224 g/mol. The lowest BCUT2D eigenvalue weighted by atomic mass is 10.1. The van der Waals surface area contributed by atoms with Crippen molar-refractivity contribution in [2.75, 3.05) is 32.9 Å². The zero-order chi connectivity index (χ0) is 12.6. The molecular formula is C11H26N2O2S. The molecule has 0 amide bonds. The largest absolute Gasteiger partial charge is 0.306 e. The van der Waals surface area contributed by atoms with E-state index in [9.17, 15) is 8.42 Å². The molecule has 0 rings (SSSR count). The number of rotatable bonds is 9. The highest BCUT2D eigenvalue weighted by molar-refractivity contribution is 7.88. The Morgan fingerprint density at radius 3 is 2.25 bits per heavy atom. The fourth-order valence-electron chi connectivity index (χ4n) is 1.49. The molecule has 1 N–H and O–H groups in total. The van der Waals surface area contributed by atoms with Crippen molar-refractivity contribution >= 4 is 10.0 Å². The van der Waals surface area contributed by atoms with Crippen molar-refractivity contribution in [2.45, 2.75) is 33.1 Å². The molecule has 0 unspecified atom stereocenters. The van der Waals surface area contributed by atoms with Gasteiger partial charge in [0.1, 0.15) is 0 Å². The van der Waals surface area contributed by atoms with Gasteiger partial charge in [0.25, 0.3) is 0 Å². The lowest BCUT2D eigenvalue weighted by molar-refractivity contribution is 0.314. The fraction of sp³-hybridized carbons (Fsp3) is 1.00. The third-order valence-electron chi connectivity index (χ3n) is 2.40. The monoisotopic (exact) mass is 250 g/mol. The van der Waals surface area contributed by atoms with Crippen LogP contribution in [0.2, 0.25) is 0 Å². The van der Waals surface area contributed by atoms with Crippen molar-refractivity contribution in [1.82, 2.24) is 9.62 Å². The van der Waals surface area contributed by atoms with Gasteiger partial charge in [-0.25, -0.2) is 13.1 Å². The van der Waals surface area contributed by atoms with Crippen LogP contribution in [0.25, 0.3) is 0 Å². The Balaban J connectivity index is 3.40. The van der Waals surface area contributed by atoms with Gasteiger partial charge in [0.15, 0.2) is 0 Å². The predicted molar refractivity (Wildman–Crippen MR) is 69.0 cm³/mol. The summed E-state index contributed by atoms with van der Waals surface area (Å²) in [6.45, 7) is 7.04. The summed E-state index contributed by atoms with van der Waals surface area (Å²) >= 11 is 0. The van der Waals surface area contributed by atoms with Gasteiger partial charge in [0.2, 0.25) is 10.0 Å². The first-order chi connectivity index (χ1) is 7.31. The standard InChI is InChI=1S/C11H26N2O2S/c1-11(2)7-5-9-13(3)10-6-8-12-16(4,14)15/h11-12H,5-10H2,1-4H3. The molecule has 0 radical (unpaired) electrons. The molecule has 98 valence electrons. The van der Waals surface area contributed by atoms with Crippen molar-refractivity contribution in [2.24, 2.45) is 5.92 Å². The first-order valence-electron chi connectivity index (χ1n) is 5.94. The molecule has 0 aromatic heterocycles. The number of nitrogens with zero attached hydrogens (tertiary/aromatic N) is 1. The maximum atomic E-state index is 10.8. The van der Waals surface area contributed by atoms with E-state index in [1.807, 2.05) is 0 Å². The molecule has 0 saturated heterocycles. The summed E-state index contributed by atoms with van der Waals surface area (Å²) in [5.74, 6) is 0.764. The Labute approximate surface area is 100 Å². The van der Waals surface area contributed by atoms with Gasteiger partial charge < -0.3 is 4.90 Å². The molecule has 0 aliphatic carbocycles. The van der Waals surface area contributed by atoms with E-state index in [4.69, 9.17) is 0 Å². The van der Waals surface area contributed by atoms with E-state index >= 15 is 0 Å². The lowest BCUT2D eigenvalue weighted by Crippen LogP contribution is -2.28. The van der Waals surface area contributed by atoms with Crippen LogP contribution in [0.1, 0.15) is 33.1 Å². The van der Waals surface area contributed by atoms with E-state index in [1.54, 1.807) is 0 Å². The molecule has 0 aliphatic heterocycles. The Bertz CT molecular complexity index is 263. The van der Waals surface area contributed by atoms with Crippen LogP contribution in [0.15, 0.2) is 0 Å². The maximum absolute atomic E-state index is 10.8. The van der Waals surface area contributed by atoms with Gasteiger partial charge in [-0.2, -0.15) is 0 Å². The summed E-state index contributed by atoms with van der Waals surface area (Å²) in [5.41, 5.74) is 0. The maximum Gasteiger partial charge on any atom is 0.208 e. The topological polar surface area (TPSA) is 49.4 Å². The molecule has 5 heteroatoms. The summed E-state index contributed by atoms with van der Waals surface area (Å²) in [4.78, 5) is 2.26. The fourth-order valence-corrected chi connectivity index (χ4v) is 2.00. The van der Waals surface area contributed by atoms with Crippen LogP contribution >= 0.6 is 0 Å². The SMILES string of the molecule is CC(C)CCCN(C)CCCNS(C)(=O)=O. The smallest absolute Gasteiger partial charge is 0.208 e. The number of hydrogen-bond donors (Lipinski definition) is 1. The predicted octanol–water partition coefficient (Wildman–Crippen LogP) is 1.29. The van der Waals surface area contributed by atoms with Crippen molar-refractivity contribution in [3.8, 4) is 0 Å². The van der Waals surface area contributed by atoms with Crippen molar-refractivity contribution in [3.05, 3.63) is 0 Å². The van der Waals surface area contributed by atoms with Crippen molar-refractivity contribution in [1.29, 1.82) is 0 Å². The van der Waals surface area contributed by atoms with E-state index in [0.717, 1.165) is 25.4 Å². The Morgan fingerprint density at radius 2 is 1.75 bits per heavy atom.